The lowest BCUT2D eigenvalue weighted by Gasteiger charge is -2.17. The van der Waals surface area contributed by atoms with Gasteiger partial charge in [-0.25, -0.2) is 0 Å². The molecule has 0 unspecified atom stereocenters. The van der Waals surface area contributed by atoms with Crippen molar-refractivity contribution in [2.24, 2.45) is 0 Å². The smallest absolute Gasteiger partial charge is 0.387 e. The monoisotopic (exact) mass is 388 g/mol. The molecule has 1 heterocycles. The Kier molecular flexibility index (Phi) is 6.13. The van der Waals surface area contributed by atoms with E-state index in [4.69, 9.17) is 4.74 Å². The van der Waals surface area contributed by atoms with E-state index in [1.807, 2.05) is 18.2 Å². The van der Waals surface area contributed by atoms with Crippen molar-refractivity contribution in [3.05, 3.63) is 53.6 Å². The van der Waals surface area contributed by atoms with Gasteiger partial charge in [0.15, 0.2) is 11.5 Å². The van der Waals surface area contributed by atoms with Crippen molar-refractivity contribution in [3.63, 3.8) is 0 Å². The van der Waals surface area contributed by atoms with Gasteiger partial charge in [0, 0.05) is 30.5 Å². The zero-order chi connectivity index (χ0) is 20.1. The maximum absolute atomic E-state index is 12.4. The van der Waals surface area contributed by atoms with E-state index in [0.717, 1.165) is 30.9 Å². The van der Waals surface area contributed by atoms with E-state index in [0.29, 0.717) is 5.56 Å². The maximum Gasteiger partial charge on any atom is 0.387 e. The number of methoxy groups -OCH3 is 1. The molecule has 5 nitrogen and oxygen atoms in total. The van der Waals surface area contributed by atoms with Gasteiger partial charge in [0.1, 0.15) is 0 Å². The minimum atomic E-state index is -2.93. The summed E-state index contributed by atoms with van der Waals surface area (Å²) in [5, 5.41) is 2.85. The molecule has 0 saturated heterocycles. The fraction of sp³-hybridized carbons (Fsp3) is 0.286. The van der Waals surface area contributed by atoms with Crippen molar-refractivity contribution in [2.75, 3.05) is 30.4 Å². The van der Waals surface area contributed by atoms with Crippen LogP contribution in [0.5, 0.6) is 11.5 Å². The number of hydrogen-bond donors (Lipinski definition) is 1. The van der Waals surface area contributed by atoms with Crippen LogP contribution in [0, 0.1) is 0 Å². The number of alkyl halides is 2. The predicted molar refractivity (Wildman–Crippen MR) is 105 cm³/mol. The van der Waals surface area contributed by atoms with Gasteiger partial charge < -0.3 is 19.7 Å². The molecular weight excluding hydrogens is 366 g/mol. The lowest BCUT2D eigenvalue weighted by Crippen LogP contribution is -2.19. The topological polar surface area (TPSA) is 50.8 Å². The maximum atomic E-state index is 12.4. The third kappa shape index (κ3) is 4.60. The minimum absolute atomic E-state index is 0.0577. The van der Waals surface area contributed by atoms with Crippen LogP contribution in [0.4, 0.5) is 20.2 Å². The Bertz CT molecular complexity index is 884. The highest BCUT2D eigenvalue weighted by Crippen LogP contribution is 2.31. The molecule has 148 valence electrons. The number of benzene rings is 2. The summed E-state index contributed by atoms with van der Waals surface area (Å²) in [6.45, 7) is 1.10. The van der Waals surface area contributed by atoms with Gasteiger partial charge in [0.25, 0.3) is 0 Å². The molecule has 1 N–H and O–H groups in total. The van der Waals surface area contributed by atoms with Crippen molar-refractivity contribution in [3.8, 4) is 11.5 Å². The van der Waals surface area contributed by atoms with Gasteiger partial charge in [-0.15, -0.1) is 0 Å². The highest BCUT2D eigenvalue weighted by molar-refractivity contribution is 6.02. The molecule has 7 heteroatoms. The Hall–Kier alpha value is -3.09. The summed E-state index contributed by atoms with van der Waals surface area (Å²) >= 11 is 0. The highest BCUT2D eigenvalue weighted by Gasteiger charge is 2.18. The van der Waals surface area contributed by atoms with Gasteiger partial charge in [-0.05, 0) is 54.8 Å². The van der Waals surface area contributed by atoms with Crippen LogP contribution in [-0.4, -0.2) is 32.7 Å². The van der Waals surface area contributed by atoms with Gasteiger partial charge in [-0.3, -0.25) is 4.79 Å². The van der Waals surface area contributed by atoms with Gasteiger partial charge in [-0.1, -0.05) is 12.1 Å². The summed E-state index contributed by atoms with van der Waals surface area (Å²) in [4.78, 5) is 14.5. The molecule has 3 rings (SSSR count). The van der Waals surface area contributed by atoms with Crippen LogP contribution in [0.3, 0.4) is 0 Å². The molecule has 1 aliphatic rings. The van der Waals surface area contributed by atoms with Crippen LogP contribution in [0.1, 0.15) is 18.1 Å². The van der Waals surface area contributed by atoms with E-state index in [2.05, 4.69) is 21.9 Å². The van der Waals surface area contributed by atoms with E-state index in [-0.39, 0.29) is 17.4 Å². The number of rotatable bonds is 7. The fourth-order valence-corrected chi connectivity index (χ4v) is 3.19. The molecule has 1 aliphatic heterocycles. The van der Waals surface area contributed by atoms with Crippen LogP contribution < -0.4 is 19.7 Å². The first-order chi connectivity index (χ1) is 13.5. The molecule has 0 spiro atoms. The number of carbonyl (C=O) groups excluding carboxylic acids is 1. The average molecular weight is 388 g/mol. The second-order valence-electron chi connectivity index (χ2n) is 6.28. The van der Waals surface area contributed by atoms with Crippen LogP contribution in [-0.2, 0) is 11.2 Å². The van der Waals surface area contributed by atoms with Crippen LogP contribution >= 0.6 is 0 Å². The zero-order valence-electron chi connectivity index (χ0n) is 15.7. The summed E-state index contributed by atoms with van der Waals surface area (Å²) in [6.07, 6.45) is 3.98. The van der Waals surface area contributed by atoms with Gasteiger partial charge in [-0.2, -0.15) is 8.78 Å². The summed E-state index contributed by atoms with van der Waals surface area (Å²) in [5.41, 5.74) is 3.80. The summed E-state index contributed by atoms with van der Waals surface area (Å²) in [6, 6.07) is 10.4. The predicted octanol–water partition coefficient (Wildman–Crippen LogP) is 4.33. The molecule has 0 aromatic heterocycles. The number of fused-ring (bicyclic) bond motifs is 1. The van der Waals surface area contributed by atoms with Crippen LogP contribution in [0.2, 0.25) is 0 Å². The lowest BCUT2D eigenvalue weighted by molar-refractivity contribution is -0.111. The molecule has 0 atom stereocenters. The Morgan fingerprint density at radius 2 is 2.07 bits per heavy atom. The zero-order valence-corrected chi connectivity index (χ0v) is 15.7. The van der Waals surface area contributed by atoms with Crippen molar-refractivity contribution in [2.45, 2.75) is 20.0 Å². The second kappa shape index (κ2) is 8.73. The number of halogens is 2. The van der Waals surface area contributed by atoms with Gasteiger partial charge in [0.2, 0.25) is 5.91 Å². The van der Waals surface area contributed by atoms with Gasteiger partial charge in [0.05, 0.1) is 7.11 Å². The molecule has 0 saturated carbocycles. The first-order valence-electron chi connectivity index (χ1n) is 9.00. The van der Waals surface area contributed by atoms with E-state index >= 15 is 0 Å². The van der Waals surface area contributed by atoms with E-state index in [9.17, 15) is 13.6 Å². The van der Waals surface area contributed by atoms with Crippen molar-refractivity contribution in [1.29, 1.82) is 0 Å². The standard InChI is InChI=1S/C21H22F2N2O3/c1-3-25-11-10-15-6-7-16(13-17(15)25)24-20(26)9-5-14-4-8-18(28-21(22)23)19(12-14)27-2/h4-9,12-13,21H,3,10-11H2,1-2H3,(H,24,26)/b9-5+. The Balaban J connectivity index is 1.67. The van der Waals surface area contributed by atoms with E-state index in [1.54, 1.807) is 12.1 Å². The molecule has 0 aliphatic carbocycles. The molecular formula is C21H22F2N2O3. The minimum Gasteiger partial charge on any atom is -0.493 e. The number of ether oxygens (including phenoxy) is 2. The van der Waals surface area contributed by atoms with Crippen LogP contribution in [0.15, 0.2) is 42.5 Å². The largest absolute Gasteiger partial charge is 0.493 e. The molecule has 1 amide bonds. The SMILES string of the molecule is CCN1CCc2ccc(NC(=O)/C=C/c3ccc(OC(F)F)c(OC)c3)cc21. The Morgan fingerprint density at radius 3 is 2.79 bits per heavy atom. The summed E-state index contributed by atoms with van der Waals surface area (Å²) < 4.78 is 34.2. The Labute approximate surface area is 162 Å². The number of carbonyl (C=O) groups is 1. The number of nitrogens with one attached hydrogen (secondary N) is 1. The first-order valence-corrected chi connectivity index (χ1v) is 9.00. The number of nitrogens with zero attached hydrogens (tertiary/aromatic N) is 1. The average Bonchev–Trinajstić information content (AvgIpc) is 3.09. The third-order valence-electron chi connectivity index (χ3n) is 4.56. The molecule has 2 aromatic carbocycles. The molecule has 0 radical (unpaired) electrons. The number of anilines is 2. The number of amides is 1. The summed E-state index contributed by atoms with van der Waals surface area (Å²) in [5.74, 6) is -0.174. The second-order valence-corrected chi connectivity index (χ2v) is 6.28. The van der Waals surface area contributed by atoms with Crippen molar-refractivity contribution in [1.82, 2.24) is 0 Å². The van der Waals surface area contributed by atoms with Crippen LogP contribution in [0.25, 0.3) is 6.08 Å². The quantitative estimate of drug-likeness (QED) is 0.718. The van der Waals surface area contributed by atoms with Gasteiger partial charge >= 0.3 is 6.61 Å². The van der Waals surface area contributed by atoms with Crippen molar-refractivity contribution < 1.29 is 23.0 Å². The molecule has 28 heavy (non-hydrogen) atoms. The number of likely N-dealkylation sites (N-methyl/N-ethyl adjacent to an activating group) is 1. The summed E-state index contributed by atoms with van der Waals surface area (Å²) in [7, 11) is 1.36. The lowest BCUT2D eigenvalue weighted by atomic mass is 10.1. The van der Waals surface area contributed by atoms with E-state index < -0.39 is 6.61 Å². The first kappa shape index (κ1) is 19.7. The molecule has 0 fully saturated rings. The van der Waals surface area contributed by atoms with Crippen molar-refractivity contribution >= 4 is 23.4 Å². The fourth-order valence-electron chi connectivity index (χ4n) is 3.19. The number of hydrogen-bond acceptors (Lipinski definition) is 4. The van der Waals surface area contributed by atoms with E-state index in [1.165, 1.54) is 30.9 Å². The normalized spacial score (nSPS) is 13.1. The molecule has 0 bridgehead atoms. The third-order valence-corrected chi connectivity index (χ3v) is 4.56. The Morgan fingerprint density at radius 1 is 1.25 bits per heavy atom. The highest BCUT2D eigenvalue weighted by atomic mass is 19.3. The molecule has 2 aromatic rings.